The van der Waals surface area contributed by atoms with E-state index in [1.165, 1.54) is 128 Å². The Morgan fingerprint density at radius 3 is 1.33 bits per heavy atom. The van der Waals surface area contributed by atoms with Gasteiger partial charge in [-0.2, -0.15) is 0 Å². The quantitative estimate of drug-likeness (QED) is 0.0622. The molecule has 0 N–H and O–H groups in total. The van der Waals surface area contributed by atoms with Crippen molar-refractivity contribution in [2.24, 2.45) is 0 Å². The van der Waals surface area contributed by atoms with Crippen molar-refractivity contribution in [3.63, 3.8) is 0 Å². The van der Waals surface area contributed by atoms with Crippen LogP contribution >= 0.6 is 0 Å². The van der Waals surface area contributed by atoms with Gasteiger partial charge in [-0.05, 0) is 75.1 Å². The first-order valence-electron chi connectivity index (χ1n) is 21.0. The number of benzene rings is 2. The highest BCUT2D eigenvalue weighted by atomic mass is 16.6. The van der Waals surface area contributed by atoms with Gasteiger partial charge in [-0.3, -0.25) is 0 Å². The Bertz CT molecular complexity index is 1180. The number of carbonyl (C=O) groups excluding carboxylic acids is 1. The van der Waals surface area contributed by atoms with Crippen LogP contribution in [0, 0.1) is 0 Å². The van der Waals surface area contributed by atoms with Gasteiger partial charge in [-0.15, -0.1) is 10.3 Å². The summed E-state index contributed by atoms with van der Waals surface area (Å²) in [6.07, 6.45) is 29.8. The van der Waals surface area contributed by atoms with Crippen molar-refractivity contribution in [3.8, 4) is 11.5 Å². The number of nitrogens with zero attached hydrogens (tertiary/aromatic N) is 1. The van der Waals surface area contributed by atoms with Gasteiger partial charge >= 0.3 is 5.97 Å². The van der Waals surface area contributed by atoms with Gasteiger partial charge in [-0.25, -0.2) is 4.79 Å². The maximum absolute atomic E-state index is 13.7. The van der Waals surface area contributed by atoms with Crippen LogP contribution in [0.1, 0.15) is 198 Å². The van der Waals surface area contributed by atoms with Gasteiger partial charge in [0.25, 0.3) is 0 Å². The molecule has 3 rings (SSSR count). The van der Waals surface area contributed by atoms with Gasteiger partial charge in [-0.1, -0.05) is 154 Å². The molecule has 2 atom stereocenters. The molecule has 1 aliphatic heterocycles. The number of hydrogen-bond donors (Lipinski definition) is 0. The molecule has 1 saturated heterocycles. The van der Waals surface area contributed by atoms with E-state index in [4.69, 9.17) is 14.2 Å². The molecule has 287 valence electrons. The summed E-state index contributed by atoms with van der Waals surface area (Å²) in [5, 5.41) is 14.7. The Hall–Kier alpha value is -2.57. The summed E-state index contributed by atoms with van der Waals surface area (Å²) in [6, 6.07) is 14.9. The number of ether oxygens (including phenoxy) is 3. The van der Waals surface area contributed by atoms with Crippen LogP contribution < -0.4 is 9.47 Å². The number of carbonyl (C=O) groups is 1. The van der Waals surface area contributed by atoms with E-state index in [0.29, 0.717) is 31.6 Å². The highest BCUT2D eigenvalue weighted by molar-refractivity contribution is 5.89. The van der Waals surface area contributed by atoms with E-state index in [1.807, 2.05) is 43.3 Å². The Morgan fingerprint density at radius 2 is 0.922 bits per heavy atom. The second-order valence-corrected chi connectivity index (χ2v) is 15.4. The average molecular weight is 707 g/mol. The standard InChI is InChI=1S/C45H72NO5/c1-5-7-9-11-13-15-17-19-21-23-25-37-49-41-31-27-39(28-32-41)43(47)51-45(4)36-35-44(3,46(45)48)40-29-33-42(34-30-40)50-38-26-24-22-20-18-16-14-12-10-8-6-2/h27-34H,5-26,35-38H2,1-4H3/t44-,45-/m1/s1. The van der Waals surface area contributed by atoms with Gasteiger partial charge in [0.05, 0.1) is 24.3 Å². The largest absolute Gasteiger partial charge is 0.494 e. The molecule has 0 aliphatic carbocycles. The van der Waals surface area contributed by atoms with Crippen molar-refractivity contribution < 1.29 is 24.2 Å². The van der Waals surface area contributed by atoms with Crippen molar-refractivity contribution in [1.29, 1.82) is 0 Å². The molecule has 1 aliphatic rings. The van der Waals surface area contributed by atoms with Crippen molar-refractivity contribution in [1.82, 2.24) is 5.06 Å². The SMILES string of the molecule is CCCCCCCCCCCCCOc1ccc(C(=O)O[C@]2(C)CC[C@](C)(c3ccc(OCCCCCCCCCCCCC)cc3)N2[O])cc1. The van der Waals surface area contributed by atoms with Crippen LogP contribution in [0.15, 0.2) is 48.5 Å². The Kier molecular flexibility index (Phi) is 20.7. The monoisotopic (exact) mass is 707 g/mol. The van der Waals surface area contributed by atoms with Crippen LogP contribution in [0.4, 0.5) is 0 Å². The molecule has 0 spiro atoms. The lowest BCUT2D eigenvalue weighted by Gasteiger charge is -2.36. The molecular formula is C45H72NO5. The molecule has 1 fully saturated rings. The first kappa shape index (κ1) is 42.8. The summed E-state index contributed by atoms with van der Waals surface area (Å²) in [7, 11) is 0. The van der Waals surface area contributed by atoms with E-state index >= 15 is 0 Å². The summed E-state index contributed by atoms with van der Waals surface area (Å²) >= 11 is 0. The molecule has 1 heterocycles. The van der Waals surface area contributed by atoms with E-state index in [9.17, 15) is 10.0 Å². The minimum Gasteiger partial charge on any atom is -0.494 e. The van der Waals surface area contributed by atoms with Crippen molar-refractivity contribution >= 4 is 5.97 Å². The second kappa shape index (κ2) is 24.6. The van der Waals surface area contributed by atoms with E-state index < -0.39 is 17.2 Å². The Labute approximate surface area is 312 Å². The highest BCUT2D eigenvalue weighted by Gasteiger charge is 2.54. The Balaban J connectivity index is 1.31. The molecule has 0 amide bonds. The molecule has 0 saturated carbocycles. The summed E-state index contributed by atoms with van der Waals surface area (Å²) in [6.45, 7) is 9.57. The zero-order chi connectivity index (χ0) is 36.6. The second-order valence-electron chi connectivity index (χ2n) is 15.4. The lowest BCUT2D eigenvalue weighted by Crippen LogP contribution is -2.49. The number of rotatable bonds is 29. The van der Waals surface area contributed by atoms with Crippen LogP contribution in [-0.4, -0.2) is 30.0 Å². The summed E-state index contributed by atoms with van der Waals surface area (Å²) in [5.41, 5.74) is -0.728. The number of hydrogen-bond acceptors (Lipinski definition) is 5. The van der Waals surface area contributed by atoms with Crippen LogP contribution in [0.3, 0.4) is 0 Å². The first-order chi connectivity index (χ1) is 24.8. The van der Waals surface area contributed by atoms with Gasteiger partial charge in [0.1, 0.15) is 11.5 Å². The average Bonchev–Trinajstić information content (AvgIpc) is 3.37. The summed E-state index contributed by atoms with van der Waals surface area (Å²) in [4.78, 5) is 13.1. The fourth-order valence-corrected chi connectivity index (χ4v) is 7.32. The maximum Gasteiger partial charge on any atom is 0.339 e. The molecule has 0 unspecified atom stereocenters. The van der Waals surface area contributed by atoms with Crippen molar-refractivity contribution in [2.45, 2.75) is 193 Å². The van der Waals surface area contributed by atoms with E-state index in [2.05, 4.69) is 13.8 Å². The minimum absolute atomic E-state index is 0.416. The third-order valence-corrected chi connectivity index (χ3v) is 10.9. The number of esters is 1. The highest BCUT2D eigenvalue weighted by Crippen LogP contribution is 2.47. The van der Waals surface area contributed by atoms with Gasteiger partial charge < -0.3 is 14.2 Å². The topological polar surface area (TPSA) is 67.9 Å². The third kappa shape index (κ3) is 15.5. The molecule has 2 aromatic rings. The van der Waals surface area contributed by atoms with Gasteiger partial charge in [0.15, 0.2) is 5.72 Å². The fourth-order valence-electron chi connectivity index (χ4n) is 7.32. The van der Waals surface area contributed by atoms with Gasteiger partial charge in [0.2, 0.25) is 0 Å². The Morgan fingerprint density at radius 1 is 0.549 bits per heavy atom. The molecular weight excluding hydrogens is 634 g/mol. The smallest absolute Gasteiger partial charge is 0.339 e. The van der Waals surface area contributed by atoms with E-state index in [1.54, 1.807) is 19.1 Å². The van der Waals surface area contributed by atoms with Crippen LogP contribution in [0.25, 0.3) is 0 Å². The molecule has 51 heavy (non-hydrogen) atoms. The maximum atomic E-state index is 13.7. The minimum atomic E-state index is -1.25. The lowest BCUT2D eigenvalue weighted by atomic mass is 9.90. The lowest BCUT2D eigenvalue weighted by molar-refractivity contribution is -0.311. The van der Waals surface area contributed by atoms with E-state index in [-0.39, 0.29) is 0 Å². The molecule has 0 aromatic heterocycles. The predicted octanol–water partition coefficient (Wildman–Crippen LogP) is 13.3. The zero-order valence-corrected chi connectivity index (χ0v) is 33.0. The molecule has 6 nitrogen and oxygen atoms in total. The van der Waals surface area contributed by atoms with Crippen LogP contribution in [0.2, 0.25) is 0 Å². The fraction of sp³-hybridized carbons (Fsp3) is 0.711. The van der Waals surface area contributed by atoms with Gasteiger partial charge in [0, 0.05) is 6.42 Å². The molecule has 0 bridgehead atoms. The summed E-state index contributed by atoms with van der Waals surface area (Å²) in [5.74, 6) is 1.07. The molecule has 1 radical (unpaired) electrons. The van der Waals surface area contributed by atoms with Crippen LogP contribution in [-0.2, 0) is 15.5 Å². The predicted molar refractivity (Wildman–Crippen MR) is 210 cm³/mol. The number of hydroxylamine groups is 2. The van der Waals surface area contributed by atoms with Crippen molar-refractivity contribution in [3.05, 3.63) is 59.7 Å². The van der Waals surface area contributed by atoms with Crippen LogP contribution in [0.5, 0.6) is 11.5 Å². The normalized spacial score (nSPS) is 19.0. The number of unbranched alkanes of at least 4 members (excludes halogenated alkanes) is 20. The first-order valence-corrected chi connectivity index (χ1v) is 21.0. The molecule has 6 heteroatoms. The summed E-state index contributed by atoms with van der Waals surface area (Å²) < 4.78 is 17.8. The molecule has 2 aromatic carbocycles. The zero-order valence-electron chi connectivity index (χ0n) is 33.0. The third-order valence-electron chi connectivity index (χ3n) is 10.9. The van der Waals surface area contributed by atoms with E-state index in [0.717, 1.165) is 35.0 Å². The van der Waals surface area contributed by atoms with Crippen molar-refractivity contribution in [2.75, 3.05) is 13.2 Å².